The van der Waals surface area contributed by atoms with E-state index in [-0.39, 0.29) is 11.9 Å². The van der Waals surface area contributed by atoms with Crippen LogP contribution in [0.2, 0.25) is 0 Å². The molecule has 1 atom stereocenters. The zero-order valence-corrected chi connectivity index (χ0v) is 16.2. The van der Waals surface area contributed by atoms with E-state index in [4.69, 9.17) is 0 Å². The number of aromatic nitrogens is 1. The molecule has 1 aliphatic carbocycles. The lowest BCUT2D eigenvalue weighted by atomic mass is 9.97. The number of rotatable bonds is 6. The summed E-state index contributed by atoms with van der Waals surface area (Å²) in [5.41, 5.74) is 2.36. The Morgan fingerprint density at radius 3 is 2.58 bits per heavy atom. The minimum absolute atomic E-state index is 0.161. The third-order valence-corrected chi connectivity index (χ3v) is 6.63. The van der Waals surface area contributed by atoms with Crippen molar-refractivity contribution >= 4 is 17.2 Å². The molecule has 1 amide bonds. The average Bonchev–Trinajstić information content (AvgIpc) is 3.41. The monoisotopic (exact) mass is 369 g/mol. The Morgan fingerprint density at radius 2 is 1.96 bits per heavy atom. The fourth-order valence-corrected chi connectivity index (χ4v) is 4.85. The molecule has 0 bridgehead atoms. The van der Waals surface area contributed by atoms with Crippen molar-refractivity contribution in [2.45, 2.75) is 44.6 Å². The molecule has 1 aromatic heterocycles. The molecule has 138 valence electrons. The van der Waals surface area contributed by atoms with Crippen molar-refractivity contribution in [3.05, 3.63) is 52.0 Å². The molecule has 1 saturated carbocycles. The van der Waals surface area contributed by atoms with Crippen molar-refractivity contribution in [2.75, 3.05) is 19.6 Å². The first-order chi connectivity index (χ1) is 12.7. The molecule has 1 N–H and O–H groups in total. The van der Waals surface area contributed by atoms with E-state index in [2.05, 4.69) is 51.8 Å². The highest BCUT2D eigenvalue weighted by Crippen LogP contribution is 2.41. The Morgan fingerprint density at radius 1 is 1.23 bits per heavy atom. The summed E-state index contributed by atoms with van der Waals surface area (Å²) in [5.74, 6) is 1.34. The van der Waals surface area contributed by atoms with Crippen LogP contribution >= 0.6 is 11.3 Å². The Bertz CT molecular complexity index is 733. The van der Waals surface area contributed by atoms with Crippen LogP contribution in [0, 0.1) is 12.8 Å². The number of nitrogens with zero attached hydrogens (tertiary/aromatic N) is 2. The molecule has 5 heteroatoms. The third-order valence-electron chi connectivity index (χ3n) is 5.51. The molecule has 4 nitrogen and oxygen atoms in total. The summed E-state index contributed by atoms with van der Waals surface area (Å²) in [6, 6.07) is 10.6. The number of benzene rings is 1. The highest BCUT2D eigenvalue weighted by molar-refractivity contribution is 7.09. The SMILES string of the molecule is Cc1csc(C2CCN(CC(=O)NC(c3ccccc3)C3CC3)CC2)n1. The van der Waals surface area contributed by atoms with E-state index in [0.29, 0.717) is 18.4 Å². The second-order valence-electron chi connectivity index (χ2n) is 7.67. The van der Waals surface area contributed by atoms with Crippen LogP contribution < -0.4 is 5.32 Å². The van der Waals surface area contributed by atoms with Crippen molar-refractivity contribution in [3.63, 3.8) is 0 Å². The van der Waals surface area contributed by atoms with Crippen molar-refractivity contribution in [1.29, 1.82) is 0 Å². The van der Waals surface area contributed by atoms with E-state index in [1.54, 1.807) is 11.3 Å². The van der Waals surface area contributed by atoms with E-state index in [9.17, 15) is 4.79 Å². The standard InChI is InChI=1S/C21H27N3OS/c1-15-14-26-21(22-15)18-9-11-24(12-10-18)13-19(25)23-20(17-7-8-17)16-5-3-2-4-6-16/h2-6,14,17-18,20H,7-13H2,1H3,(H,23,25). The lowest BCUT2D eigenvalue weighted by Gasteiger charge is -2.31. The highest BCUT2D eigenvalue weighted by atomic mass is 32.1. The van der Waals surface area contributed by atoms with Crippen LogP contribution in [0.25, 0.3) is 0 Å². The smallest absolute Gasteiger partial charge is 0.234 e. The number of nitrogens with one attached hydrogen (secondary N) is 1. The average molecular weight is 370 g/mol. The van der Waals surface area contributed by atoms with Crippen LogP contribution in [-0.2, 0) is 4.79 Å². The van der Waals surface area contributed by atoms with E-state index in [0.717, 1.165) is 31.6 Å². The number of likely N-dealkylation sites (tertiary alicyclic amines) is 1. The molecule has 2 fully saturated rings. The molecule has 2 aliphatic rings. The predicted molar refractivity (Wildman–Crippen MR) is 105 cm³/mol. The minimum atomic E-state index is 0.161. The summed E-state index contributed by atoms with van der Waals surface area (Å²) < 4.78 is 0. The van der Waals surface area contributed by atoms with Gasteiger partial charge in [-0.1, -0.05) is 30.3 Å². The number of carbonyl (C=O) groups excluding carboxylic acids is 1. The van der Waals surface area contributed by atoms with Crippen molar-refractivity contribution < 1.29 is 4.79 Å². The molecule has 1 unspecified atom stereocenters. The minimum Gasteiger partial charge on any atom is -0.348 e. The second-order valence-corrected chi connectivity index (χ2v) is 8.56. The van der Waals surface area contributed by atoms with Gasteiger partial charge in [0.2, 0.25) is 5.91 Å². The summed E-state index contributed by atoms with van der Waals surface area (Å²) in [6.45, 7) is 4.54. The van der Waals surface area contributed by atoms with E-state index >= 15 is 0 Å². The van der Waals surface area contributed by atoms with Gasteiger partial charge < -0.3 is 5.32 Å². The van der Waals surface area contributed by atoms with Gasteiger partial charge in [-0.05, 0) is 57.2 Å². The predicted octanol–water partition coefficient (Wildman–Crippen LogP) is 3.90. The summed E-state index contributed by atoms with van der Waals surface area (Å²) in [6.07, 6.45) is 4.65. The van der Waals surface area contributed by atoms with Gasteiger partial charge in [0.1, 0.15) is 0 Å². The van der Waals surface area contributed by atoms with Gasteiger partial charge in [-0.25, -0.2) is 4.98 Å². The maximum absolute atomic E-state index is 12.6. The molecule has 0 spiro atoms. The highest BCUT2D eigenvalue weighted by Gasteiger charge is 2.33. The van der Waals surface area contributed by atoms with E-state index in [1.165, 1.54) is 23.4 Å². The number of piperidine rings is 1. The van der Waals surface area contributed by atoms with Crippen LogP contribution in [-0.4, -0.2) is 35.4 Å². The fraction of sp³-hybridized carbons (Fsp3) is 0.524. The maximum atomic E-state index is 12.6. The van der Waals surface area contributed by atoms with Crippen LogP contribution in [0.15, 0.2) is 35.7 Å². The van der Waals surface area contributed by atoms with Gasteiger partial charge in [0.15, 0.2) is 0 Å². The molecule has 2 heterocycles. The first-order valence-electron chi connectivity index (χ1n) is 9.68. The molecule has 2 aromatic rings. The first-order valence-corrected chi connectivity index (χ1v) is 10.6. The summed E-state index contributed by atoms with van der Waals surface area (Å²) >= 11 is 1.78. The lowest BCUT2D eigenvalue weighted by Crippen LogP contribution is -2.42. The van der Waals surface area contributed by atoms with Gasteiger partial charge in [0.05, 0.1) is 17.6 Å². The molecular formula is C21H27N3OS. The molecule has 1 aliphatic heterocycles. The fourth-order valence-electron chi connectivity index (χ4n) is 3.88. The van der Waals surface area contributed by atoms with Gasteiger partial charge in [0, 0.05) is 17.0 Å². The molecule has 4 rings (SSSR count). The number of hydrogen-bond donors (Lipinski definition) is 1. The Balaban J connectivity index is 1.28. The van der Waals surface area contributed by atoms with Crippen LogP contribution in [0.4, 0.5) is 0 Å². The lowest BCUT2D eigenvalue weighted by molar-refractivity contribution is -0.123. The number of thiazole rings is 1. The second kappa shape index (κ2) is 7.89. The van der Waals surface area contributed by atoms with E-state index in [1.807, 2.05) is 6.07 Å². The van der Waals surface area contributed by atoms with Gasteiger partial charge in [-0.15, -0.1) is 11.3 Å². The Kier molecular flexibility index (Phi) is 5.36. The number of aryl methyl sites for hydroxylation is 1. The van der Waals surface area contributed by atoms with Crippen LogP contribution in [0.5, 0.6) is 0 Å². The van der Waals surface area contributed by atoms with Gasteiger partial charge >= 0.3 is 0 Å². The zero-order valence-electron chi connectivity index (χ0n) is 15.4. The molecule has 0 radical (unpaired) electrons. The van der Waals surface area contributed by atoms with Crippen LogP contribution in [0.1, 0.15) is 53.9 Å². The van der Waals surface area contributed by atoms with Crippen molar-refractivity contribution in [3.8, 4) is 0 Å². The number of carbonyl (C=O) groups is 1. The topological polar surface area (TPSA) is 45.2 Å². The Hall–Kier alpha value is -1.72. The number of amides is 1. The third kappa shape index (κ3) is 4.33. The van der Waals surface area contributed by atoms with E-state index < -0.39 is 0 Å². The molecule has 1 saturated heterocycles. The molecule has 1 aromatic carbocycles. The summed E-state index contributed by atoms with van der Waals surface area (Å²) in [4.78, 5) is 19.6. The normalized spacial score (nSPS) is 20.0. The summed E-state index contributed by atoms with van der Waals surface area (Å²) in [7, 11) is 0. The van der Waals surface area contributed by atoms with Gasteiger partial charge in [-0.2, -0.15) is 0 Å². The van der Waals surface area contributed by atoms with Gasteiger partial charge in [-0.3, -0.25) is 9.69 Å². The zero-order chi connectivity index (χ0) is 17.9. The quantitative estimate of drug-likeness (QED) is 0.840. The van der Waals surface area contributed by atoms with Gasteiger partial charge in [0.25, 0.3) is 0 Å². The molecule has 26 heavy (non-hydrogen) atoms. The van der Waals surface area contributed by atoms with Crippen LogP contribution in [0.3, 0.4) is 0 Å². The maximum Gasteiger partial charge on any atom is 0.234 e. The van der Waals surface area contributed by atoms with Crippen molar-refractivity contribution in [1.82, 2.24) is 15.2 Å². The summed E-state index contributed by atoms with van der Waals surface area (Å²) in [5, 5.41) is 6.70. The first kappa shape index (κ1) is 17.7. The molecular weight excluding hydrogens is 342 g/mol. The largest absolute Gasteiger partial charge is 0.348 e. The number of hydrogen-bond acceptors (Lipinski definition) is 4. The van der Waals surface area contributed by atoms with Crippen molar-refractivity contribution in [2.24, 2.45) is 5.92 Å². The Labute approximate surface area is 159 Å².